The summed E-state index contributed by atoms with van der Waals surface area (Å²) in [5.41, 5.74) is 4.90. The van der Waals surface area contributed by atoms with Gasteiger partial charge < -0.3 is 21.3 Å². The predicted molar refractivity (Wildman–Crippen MR) is 139 cm³/mol. The number of carbonyl (C=O) groups excluding carboxylic acids is 1. The zero-order valence-electron chi connectivity index (χ0n) is 21.6. The molecule has 37 heavy (non-hydrogen) atoms. The van der Waals surface area contributed by atoms with Crippen LogP contribution in [0.25, 0.3) is 0 Å². The molecule has 1 fully saturated rings. The average Bonchev–Trinajstić information content (AvgIpc) is 3.08. The van der Waals surface area contributed by atoms with Crippen molar-refractivity contribution in [1.29, 1.82) is 5.41 Å². The Kier molecular flexibility index (Phi) is 7.27. The van der Waals surface area contributed by atoms with Crippen LogP contribution in [0.15, 0.2) is 21.7 Å². The first-order valence-corrected chi connectivity index (χ1v) is 12.9. The van der Waals surface area contributed by atoms with Gasteiger partial charge in [-0.3, -0.25) is 29.1 Å². The Labute approximate surface area is 214 Å². The van der Waals surface area contributed by atoms with E-state index in [2.05, 4.69) is 10.3 Å². The number of aliphatic hydroxyl groups excluding tert-OH is 1. The van der Waals surface area contributed by atoms with Crippen molar-refractivity contribution in [3.8, 4) is 5.88 Å². The number of amides is 1. The van der Waals surface area contributed by atoms with E-state index in [1.54, 1.807) is 19.1 Å². The molecule has 1 aliphatic carbocycles. The van der Waals surface area contributed by atoms with E-state index in [4.69, 9.17) is 11.1 Å². The van der Waals surface area contributed by atoms with Gasteiger partial charge in [-0.1, -0.05) is 13.3 Å². The molecule has 0 saturated heterocycles. The molecular formula is C26H36N6O5. The Morgan fingerprint density at radius 2 is 1.95 bits per heavy atom. The topological polar surface area (TPSA) is 176 Å². The maximum atomic E-state index is 13.2. The second-order valence-electron chi connectivity index (χ2n) is 10.5. The van der Waals surface area contributed by atoms with Gasteiger partial charge in [-0.05, 0) is 70.4 Å². The summed E-state index contributed by atoms with van der Waals surface area (Å²) >= 11 is 0. The van der Waals surface area contributed by atoms with E-state index in [0.29, 0.717) is 55.6 Å². The largest absolute Gasteiger partial charge is 0.494 e. The van der Waals surface area contributed by atoms with Gasteiger partial charge in [0.25, 0.3) is 5.56 Å². The normalized spacial score (nSPS) is 23.9. The second kappa shape index (κ2) is 10.1. The van der Waals surface area contributed by atoms with Crippen molar-refractivity contribution in [3.63, 3.8) is 0 Å². The fourth-order valence-corrected chi connectivity index (χ4v) is 5.70. The van der Waals surface area contributed by atoms with E-state index >= 15 is 0 Å². The summed E-state index contributed by atoms with van der Waals surface area (Å²) in [7, 11) is 0. The average molecular weight is 513 g/mol. The molecule has 0 spiro atoms. The van der Waals surface area contributed by atoms with Crippen molar-refractivity contribution in [2.45, 2.75) is 89.8 Å². The number of nitrogens with two attached hydrogens (primary N) is 1. The lowest BCUT2D eigenvalue weighted by atomic mass is 9.73. The number of hydrogen-bond donors (Lipinski definition) is 5. The minimum absolute atomic E-state index is 0.125. The quantitative estimate of drug-likeness (QED) is 0.266. The Hall–Kier alpha value is -3.47. The molecule has 2 aromatic rings. The molecule has 0 bridgehead atoms. The summed E-state index contributed by atoms with van der Waals surface area (Å²) in [4.78, 5) is 44.0. The van der Waals surface area contributed by atoms with E-state index in [1.165, 1.54) is 0 Å². The number of fused-ring (bicyclic) bond motifs is 1. The Balaban J connectivity index is 1.58. The van der Waals surface area contributed by atoms with Crippen molar-refractivity contribution >= 4 is 17.4 Å². The highest BCUT2D eigenvalue weighted by atomic mass is 16.3. The van der Waals surface area contributed by atoms with Gasteiger partial charge in [-0.15, -0.1) is 0 Å². The SMILES string of the molecule is CCCCn1c(O)c(C(=N)N)c(=O)n(C2CCC(C[C@]3(C)C(=O)Nc4ccc([C@@H](C)O)nc43)CC2)c1=O. The third-order valence-electron chi connectivity index (χ3n) is 7.85. The zero-order valence-corrected chi connectivity index (χ0v) is 21.6. The van der Waals surface area contributed by atoms with E-state index in [9.17, 15) is 24.6 Å². The van der Waals surface area contributed by atoms with E-state index in [0.717, 1.165) is 15.6 Å². The molecule has 6 N–H and O–H groups in total. The van der Waals surface area contributed by atoms with Crippen LogP contribution in [0.4, 0.5) is 5.69 Å². The van der Waals surface area contributed by atoms with Crippen LogP contribution in [-0.2, 0) is 16.8 Å². The number of nitrogens with one attached hydrogen (secondary N) is 2. The molecule has 1 saturated carbocycles. The lowest BCUT2D eigenvalue weighted by Gasteiger charge is -2.34. The van der Waals surface area contributed by atoms with Gasteiger partial charge in [0.1, 0.15) is 11.4 Å². The number of unbranched alkanes of at least 4 members (excludes halogenated alkanes) is 1. The van der Waals surface area contributed by atoms with E-state index in [-0.39, 0.29) is 30.0 Å². The van der Waals surface area contributed by atoms with Crippen LogP contribution in [0.2, 0.25) is 0 Å². The van der Waals surface area contributed by atoms with Gasteiger partial charge in [0.2, 0.25) is 11.8 Å². The van der Waals surface area contributed by atoms with Crippen molar-refractivity contribution in [1.82, 2.24) is 14.1 Å². The van der Waals surface area contributed by atoms with Crippen LogP contribution >= 0.6 is 0 Å². The van der Waals surface area contributed by atoms with Gasteiger partial charge in [0, 0.05) is 12.6 Å². The molecule has 11 nitrogen and oxygen atoms in total. The first-order valence-electron chi connectivity index (χ1n) is 12.9. The smallest absolute Gasteiger partial charge is 0.334 e. The van der Waals surface area contributed by atoms with Gasteiger partial charge in [0.05, 0.1) is 28.6 Å². The Morgan fingerprint density at radius 1 is 1.27 bits per heavy atom. The number of pyridine rings is 1. The molecule has 2 aromatic heterocycles. The lowest BCUT2D eigenvalue weighted by molar-refractivity contribution is -0.121. The first-order chi connectivity index (χ1) is 17.5. The summed E-state index contributed by atoms with van der Waals surface area (Å²) in [5, 5.41) is 31.2. The number of aromatic hydroxyl groups is 1. The summed E-state index contributed by atoms with van der Waals surface area (Å²) in [6.45, 7) is 5.69. The highest BCUT2D eigenvalue weighted by molar-refractivity contribution is 6.05. The number of nitrogen functional groups attached to an aromatic ring is 1. The third-order valence-corrected chi connectivity index (χ3v) is 7.85. The molecule has 0 aromatic carbocycles. The van der Waals surface area contributed by atoms with Crippen LogP contribution in [0.3, 0.4) is 0 Å². The van der Waals surface area contributed by atoms with E-state index in [1.807, 2.05) is 13.8 Å². The minimum atomic E-state index is -0.845. The third kappa shape index (κ3) is 4.68. The van der Waals surface area contributed by atoms with Crippen molar-refractivity contribution in [2.24, 2.45) is 11.7 Å². The fourth-order valence-electron chi connectivity index (χ4n) is 5.70. The summed E-state index contributed by atoms with van der Waals surface area (Å²) in [6.07, 6.45) is 3.69. The molecule has 11 heteroatoms. The summed E-state index contributed by atoms with van der Waals surface area (Å²) in [5.74, 6) is -1.08. The number of anilines is 1. The van der Waals surface area contributed by atoms with Gasteiger partial charge >= 0.3 is 5.69 Å². The van der Waals surface area contributed by atoms with Crippen molar-refractivity contribution in [3.05, 3.63) is 49.9 Å². The maximum Gasteiger partial charge on any atom is 0.334 e. The molecular weight excluding hydrogens is 476 g/mol. The van der Waals surface area contributed by atoms with Gasteiger partial charge in [-0.25, -0.2) is 4.79 Å². The van der Waals surface area contributed by atoms with Crippen molar-refractivity contribution in [2.75, 3.05) is 5.32 Å². The van der Waals surface area contributed by atoms with Crippen molar-refractivity contribution < 1.29 is 15.0 Å². The van der Waals surface area contributed by atoms with Crippen LogP contribution in [0, 0.1) is 11.3 Å². The predicted octanol–water partition coefficient (Wildman–Crippen LogP) is 2.28. The molecule has 1 amide bonds. The number of rotatable bonds is 8. The van der Waals surface area contributed by atoms with Gasteiger partial charge in [0.15, 0.2) is 0 Å². The monoisotopic (exact) mass is 512 g/mol. The van der Waals surface area contributed by atoms with Crippen LogP contribution in [-0.4, -0.2) is 36.1 Å². The van der Waals surface area contributed by atoms with E-state index < -0.39 is 34.5 Å². The number of hydrogen-bond acceptors (Lipinski definition) is 7. The molecule has 0 unspecified atom stereocenters. The molecule has 0 radical (unpaired) electrons. The fraction of sp³-hybridized carbons (Fsp3) is 0.577. The molecule has 4 rings (SSSR count). The highest BCUT2D eigenvalue weighted by Crippen LogP contribution is 2.45. The van der Waals surface area contributed by atoms with Gasteiger partial charge in [-0.2, -0.15) is 0 Å². The summed E-state index contributed by atoms with van der Waals surface area (Å²) in [6, 6.07) is 3.09. The highest BCUT2D eigenvalue weighted by Gasteiger charge is 2.46. The summed E-state index contributed by atoms with van der Waals surface area (Å²) < 4.78 is 2.29. The second-order valence-corrected chi connectivity index (χ2v) is 10.5. The molecule has 2 atom stereocenters. The lowest BCUT2D eigenvalue weighted by Crippen LogP contribution is -2.46. The number of carbonyl (C=O) groups is 1. The molecule has 200 valence electrons. The molecule has 1 aliphatic heterocycles. The Morgan fingerprint density at radius 3 is 2.54 bits per heavy atom. The first kappa shape index (κ1) is 26.6. The number of nitrogens with zero attached hydrogens (tertiary/aromatic N) is 3. The number of amidine groups is 1. The Bertz CT molecular complexity index is 1340. The maximum absolute atomic E-state index is 13.2. The molecule has 2 aliphatic rings. The minimum Gasteiger partial charge on any atom is -0.494 e. The van der Waals surface area contributed by atoms with Crippen LogP contribution < -0.4 is 22.3 Å². The molecule has 3 heterocycles. The zero-order chi connectivity index (χ0) is 27.1. The van der Waals surface area contributed by atoms with Crippen LogP contribution in [0.5, 0.6) is 5.88 Å². The standard InChI is InChI=1S/C26H36N6O5/c1-4-5-12-31-22(34)19(21(27)28)23(35)32(25(31)37)16-8-6-15(7-9-16)13-26(3)20-18(30-24(26)36)11-10-17(29-20)14(2)33/h10-11,14-16,33-34H,4-9,12-13H2,1-3H3,(H3,27,28)(H,30,36)/t14-,15?,16?,26+/m1/s1. The number of aromatic nitrogens is 3. The van der Waals surface area contributed by atoms with Crippen LogP contribution in [0.1, 0.15) is 94.8 Å². The number of aliphatic hydroxyl groups is 1.